The average molecular weight is 469 g/mol. The summed E-state index contributed by atoms with van der Waals surface area (Å²) in [4.78, 5) is 21.6. The van der Waals surface area contributed by atoms with Crippen LogP contribution in [0.5, 0.6) is 0 Å². The molecule has 1 amide bonds. The van der Waals surface area contributed by atoms with E-state index in [0.717, 1.165) is 0 Å². The van der Waals surface area contributed by atoms with E-state index >= 15 is 0 Å². The molecular weight excluding hydrogens is 445 g/mol. The molecule has 1 aliphatic carbocycles. The molecule has 3 unspecified atom stereocenters. The predicted molar refractivity (Wildman–Crippen MR) is 117 cm³/mol. The maximum Gasteiger partial charge on any atom is 0.389 e. The molecule has 3 atom stereocenters. The van der Waals surface area contributed by atoms with Gasteiger partial charge in [0.15, 0.2) is 0 Å². The van der Waals surface area contributed by atoms with Crippen LogP contribution in [-0.4, -0.2) is 40.8 Å². The Morgan fingerprint density at radius 1 is 1.34 bits per heavy atom. The molecule has 3 aliphatic heterocycles. The van der Waals surface area contributed by atoms with Crippen LogP contribution in [0, 0.1) is 11.3 Å². The predicted octanol–water partition coefficient (Wildman–Crippen LogP) is 3.94. The van der Waals surface area contributed by atoms with Crippen molar-refractivity contribution in [3.63, 3.8) is 0 Å². The molecule has 4 aliphatic rings. The summed E-state index contributed by atoms with van der Waals surface area (Å²) in [6, 6.07) is 0. The molecular formula is C21H24ClF3N6O. The lowest BCUT2D eigenvalue weighted by Gasteiger charge is -2.32. The minimum absolute atomic E-state index is 0.132. The molecule has 11 heteroatoms. The van der Waals surface area contributed by atoms with Crippen LogP contribution in [0.3, 0.4) is 0 Å². The molecule has 0 radical (unpaired) electrons. The van der Waals surface area contributed by atoms with E-state index in [0.29, 0.717) is 41.4 Å². The highest BCUT2D eigenvalue weighted by Crippen LogP contribution is 2.41. The number of nitrogens with one attached hydrogen (secondary N) is 1. The SMILES string of the molecule is CCC1(C)C(=O)NC2=NC(N3N=C(CCC(F)(F)F)C4=CC(Cl)=CC=C3CC4)=NC(N)C21. The van der Waals surface area contributed by atoms with Gasteiger partial charge in [-0.15, -0.1) is 0 Å². The van der Waals surface area contributed by atoms with E-state index in [4.69, 9.17) is 17.3 Å². The van der Waals surface area contributed by atoms with Crippen molar-refractivity contribution < 1.29 is 18.0 Å². The highest BCUT2D eigenvalue weighted by Gasteiger charge is 2.53. The van der Waals surface area contributed by atoms with Crippen molar-refractivity contribution in [2.75, 3.05) is 0 Å². The molecule has 0 aromatic carbocycles. The van der Waals surface area contributed by atoms with Crippen molar-refractivity contribution in [1.29, 1.82) is 0 Å². The third-order valence-corrected chi connectivity index (χ3v) is 6.63. The van der Waals surface area contributed by atoms with Crippen LogP contribution in [0.15, 0.2) is 49.6 Å². The molecule has 0 saturated carbocycles. The van der Waals surface area contributed by atoms with E-state index in [1.165, 1.54) is 5.01 Å². The van der Waals surface area contributed by atoms with E-state index in [9.17, 15) is 18.0 Å². The van der Waals surface area contributed by atoms with Crippen molar-refractivity contribution in [2.45, 2.75) is 58.3 Å². The van der Waals surface area contributed by atoms with Crippen LogP contribution in [0.1, 0.15) is 46.0 Å². The number of carbonyl (C=O) groups is 1. The lowest BCUT2D eigenvalue weighted by Crippen LogP contribution is -2.46. The van der Waals surface area contributed by atoms with E-state index in [-0.39, 0.29) is 24.0 Å². The molecule has 1 saturated heterocycles. The molecule has 2 bridgehead atoms. The second-order valence-corrected chi connectivity index (χ2v) is 8.91. The number of aliphatic imine (C=N–C) groups is 2. The van der Waals surface area contributed by atoms with Gasteiger partial charge in [0.2, 0.25) is 11.9 Å². The summed E-state index contributed by atoms with van der Waals surface area (Å²) >= 11 is 6.23. The Bertz CT molecular complexity index is 1030. The number of hydrogen-bond acceptors (Lipinski definition) is 6. The zero-order valence-corrected chi connectivity index (χ0v) is 18.5. The number of allylic oxidation sites excluding steroid dienone is 6. The van der Waals surface area contributed by atoms with Gasteiger partial charge in [0.25, 0.3) is 0 Å². The van der Waals surface area contributed by atoms with Gasteiger partial charge in [-0.25, -0.2) is 10.0 Å². The van der Waals surface area contributed by atoms with Gasteiger partial charge in [0.05, 0.1) is 17.0 Å². The largest absolute Gasteiger partial charge is 0.389 e. The van der Waals surface area contributed by atoms with Crippen molar-refractivity contribution in [1.82, 2.24) is 10.3 Å². The van der Waals surface area contributed by atoms with Crippen molar-refractivity contribution >= 4 is 35.0 Å². The quantitative estimate of drug-likeness (QED) is 0.656. The maximum atomic E-state index is 12.9. The molecule has 4 rings (SSSR count). The first kappa shape index (κ1) is 22.7. The molecule has 7 nitrogen and oxygen atoms in total. The number of nitrogens with zero attached hydrogens (tertiary/aromatic N) is 4. The van der Waals surface area contributed by atoms with E-state index < -0.39 is 30.1 Å². The molecule has 3 heterocycles. The van der Waals surface area contributed by atoms with Crippen molar-refractivity contribution in [3.8, 4) is 0 Å². The Balaban J connectivity index is 1.76. The Labute approximate surface area is 188 Å². The Kier molecular flexibility index (Phi) is 5.79. The summed E-state index contributed by atoms with van der Waals surface area (Å²) in [7, 11) is 0. The van der Waals surface area contributed by atoms with E-state index in [2.05, 4.69) is 20.4 Å². The third kappa shape index (κ3) is 4.13. The van der Waals surface area contributed by atoms with Gasteiger partial charge in [-0.2, -0.15) is 23.3 Å². The number of carbonyl (C=O) groups excluding carboxylic acids is 1. The number of fused-ring (bicyclic) bond motifs is 4. The highest BCUT2D eigenvalue weighted by molar-refractivity contribution is 6.31. The first-order valence-electron chi connectivity index (χ1n) is 10.5. The summed E-state index contributed by atoms with van der Waals surface area (Å²) in [6.07, 6.45) is 0.225. The molecule has 3 N–H and O–H groups in total. The normalized spacial score (nSPS) is 30.1. The minimum Gasteiger partial charge on any atom is -0.313 e. The summed E-state index contributed by atoms with van der Waals surface area (Å²) in [5, 5.41) is 9.15. The maximum absolute atomic E-state index is 12.9. The lowest BCUT2D eigenvalue weighted by molar-refractivity contribution is -0.132. The number of guanidine groups is 1. The Morgan fingerprint density at radius 3 is 2.78 bits per heavy atom. The van der Waals surface area contributed by atoms with Crippen LogP contribution >= 0.6 is 11.6 Å². The van der Waals surface area contributed by atoms with Gasteiger partial charge in [-0.05, 0) is 50.0 Å². The van der Waals surface area contributed by atoms with Crippen LogP contribution < -0.4 is 11.1 Å². The van der Waals surface area contributed by atoms with Gasteiger partial charge in [0, 0.05) is 23.6 Å². The van der Waals surface area contributed by atoms with E-state index in [1.807, 2.05) is 13.8 Å². The highest BCUT2D eigenvalue weighted by atomic mass is 35.5. The van der Waals surface area contributed by atoms with Gasteiger partial charge in [-0.1, -0.05) is 18.5 Å². The summed E-state index contributed by atoms with van der Waals surface area (Å²) in [5.74, 6) is -0.0358. The average Bonchev–Trinajstić information content (AvgIpc) is 2.87. The first-order valence-corrected chi connectivity index (χ1v) is 10.8. The van der Waals surface area contributed by atoms with Crippen molar-refractivity contribution in [2.24, 2.45) is 32.2 Å². The summed E-state index contributed by atoms with van der Waals surface area (Å²) in [5.41, 5.74) is 7.20. The molecule has 0 aromatic rings. The van der Waals surface area contributed by atoms with E-state index in [1.54, 1.807) is 18.2 Å². The second-order valence-electron chi connectivity index (χ2n) is 8.47. The van der Waals surface area contributed by atoms with Crippen LogP contribution in [0.2, 0.25) is 0 Å². The number of halogens is 4. The molecule has 1 fully saturated rings. The fraction of sp³-hybridized carbons (Fsp3) is 0.524. The molecule has 0 aromatic heterocycles. The topological polar surface area (TPSA) is 95.4 Å². The second kappa shape index (κ2) is 8.15. The van der Waals surface area contributed by atoms with Gasteiger partial charge in [-0.3, -0.25) is 4.79 Å². The number of alkyl halides is 3. The number of amides is 1. The number of amidine groups is 1. The Hall–Kier alpha value is -2.46. The van der Waals surface area contributed by atoms with Crippen molar-refractivity contribution in [3.05, 3.63) is 34.5 Å². The number of rotatable bonds is 3. The monoisotopic (exact) mass is 468 g/mol. The number of hydrazone groups is 1. The standard InChI is InChI=1S/C21H24ClF3N6O/c1-3-20(2)15-16(26)27-19(29-17(15)28-18(20)32)31-13-6-4-11(10-12(22)5-7-13)14(30-31)8-9-21(23,24)25/h5,7,10,15-16H,3-4,6,8-9,26H2,1-2H3,(H,27,28,29,32). The van der Waals surface area contributed by atoms with Gasteiger partial charge in [0.1, 0.15) is 12.0 Å². The number of hydrogen-bond donors (Lipinski definition) is 2. The fourth-order valence-electron chi connectivity index (χ4n) is 4.35. The van der Waals surface area contributed by atoms with Crippen LogP contribution in [-0.2, 0) is 4.79 Å². The van der Waals surface area contributed by atoms with Crippen LogP contribution in [0.25, 0.3) is 0 Å². The Morgan fingerprint density at radius 2 is 2.09 bits per heavy atom. The van der Waals surface area contributed by atoms with Gasteiger partial charge >= 0.3 is 6.18 Å². The zero-order chi connectivity index (χ0) is 23.3. The van der Waals surface area contributed by atoms with Gasteiger partial charge < -0.3 is 11.1 Å². The fourth-order valence-corrected chi connectivity index (χ4v) is 4.54. The smallest absolute Gasteiger partial charge is 0.313 e. The number of nitrogens with two attached hydrogens (primary N) is 1. The first-order chi connectivity index (χ1) is 15.0. The molecule has 172 valence electrons. The molecule has 0 spiro atoms. The third-order valence-electron chi connectivity index (χ3n) is 6.40. The summed E-state index contributed by atoms with van der Waals surface area (Å²) in [6.45, 7) is 3.73. The summed E-state index contributed by atoms with van der Waals surface area (Å²) < 4.78 is 38.8. The minimum atomic E-state index is -4.32. The molecule has 32 heavy (non-hydrogen) atoms. The van der Waals surface area contributed by atoms with Crippen LogP contribution in [0.4, 0.5) is 13.2 Å². The lowest BCUT2D eigenvalue weighted by atomic mass is 9.75. The zero-order valence-electron chi connectivity index (χ0n) is 17.7.